The average Bonchev–Trinajstić information content (AvgIpc) is 3.45. The number of hydrogen-bond acceptors (Lipinski definition) is 3. The molecule has 0 spiro atoms. The van der Waals surface area contributed by atoms with Crippen LogP contribution in [0.1, 0.15) is 78.7 Å². The number of fused-ring (bicyclic) bond motifs is 1. The predicted octanol–water partition coefficient (Wildman–Crippen LogP) is 5.14. The van der Waals surface area contributed by atoms with Gasteiger partial charge >= 0.3 is 0 Å². The van der Waals surface area contributed by atoms with Gasteiger partial charge in [0.05, 0.1) is 11.4 Å². The number of halogens is 1. The van der Waals surface area contributed by atoms with Crippen molar-refractivity contribution in [1.82, 2.24) is 9.97 Å². The van der Waals surface area contributed by atoms with Crippen molar-refractivity contribution in [3.63, 3.8) is 0 Å². The molecule has 2 unspecified atom stereocenters. The van der Waals surface area contributed by atoms with E-state index >= 15 is 0 Å². The van der Waals surface area contributed by atoms with Crippen LogP contribution in [0.25, 0.3) is 0 Å². The van der Waals surface area contributed by atoms with E-state index in [1.54, 1.807) is 0 Å². The molecule has 0 aliphatic heterocycles. The zero-order valence-electron chi connectivity index (χ0n) is 15.5. The molecule has 2 aliphatic carbocycles. The van der Waals surface area contributed by atoms with Crippen LogP contribution in [0.5, 0.6) is 0 Å². The molecule has 1 fully saturated rings. The van der Waals surface area contributed by atoms with Gasteiger partial charge in [-0.3, -0.25) is 0 Å². The molecule has 2 aromatic rings. The van der Waals surface area contributed by atoms with E-state index < -0.39 is 0 Å². The molecule has 0 radical (unpaired) electrons. The van der Waals surface area contributed by atoms with Crippen molar-refractivity contribution in [2.75, 3.05) is 6.54 Å². The minimum atomic E-state index is 0.357. The maximum Gasteiger partial charge on any atom is 0.125 e. The summed E-state index contributed by atoms with van der Waals surface area (Å²) in [7, 11) is 0. The van der Waals surface area contributed by atoms with Gasteiger partial charge in [0.1, 0.15) is 5.82 Å². The summed E-state index contributed by atoms with van der Waals surface area (Å²) in [6.45, 7) is 2.77. The number of aryl methyl sites for hydroxylation is 1. The van der Waals surface area contributed by atoms with Gasteiger partial charge in [0.15, 0.2) is 0 Å². The molecule has 3 nitrogen and oxygen atoms in total. The molecular formula is C22H28ClN3. The van der Waals surface area contributed by atoms with Gasteiger partial charge in [-0.25, -0.2) is 9.97 Å². The lowest BCUT2D eigenvalue weighted by Gasteiger charge is -2.29. The predicted molar refractivity (Wildman–Crippen MR) is 107 cm³/mol. The molecule has 0 bridgehead atoms. The first kappa shape index (κ1) is 17.9. The molecule has 1 saturated carbocycles. The number of nitrogens with zero attached hydrogens (tertiary/aromatic N) is 2. The molecule has 1 heterocycles. The van der Waals surface area contributed by atoms with Crippen molar-refractivity contribution in [3.8, 4) is 0 Å². The van der Waals surface area contributed by atoms with Crippen molar-refractivity contribution in [2.24, 2.45) is 11.7 Å². The molecule has 4 rings (SSSR count). The van der Waals surface area contributed by atoms with Gasteiger partial charge in [0, 0.05) is 16.9 Å². The second-order valence-corrected chi connectivity index (χ2v) is 8.41. The number of rotatable bonds is 6. The van der Waals surface area contributed by atoms with Crippen LogP contribution in [-0.2, 0) is 6.42 Å². The zero-order valence-corrected chi connectivity index (χ0v) is 16.3. The summed E-state index contributed by atoms with van der Waals surface area (Å²) in [5.74, 6) is 2.63. The Morgan fingerprint density at radius 3 is 2.62 bits per heavy atom. The molecule has 2 aliphatic rings. The highest BCUT2D eigenvalue weighted by atomic mass is 35.5. The van der Waals surface area contributed by atoms with Gasteiger partial charge in [-0.1, -0.05) is 36.6 Å². The highest BCUT2D eigenvalue weighted by Gasteiger charge is 2.32. The lowest BCUT2D eigenvalue weighted by Crippen LogP contribution is -2.21. The van der Waals surface area contributed by atoms with E-state index in [0.717, 1.165) is 42.6 Å². The van der Waals surface area contributed by atoms with Crippen LogP contribution in [0.3, 0.4) is 0 Å². The first-order valence-electron chi connectivity index (χ1n) is 9.98. The summed E-state index contributed by atoms with van der Waals surface area (Å²) in [6, 6.07) is 8.29. The second kappa shape index (κ2) is 7.66. The van der Waals surface area contributed by atoms with Crippen molar-refractivity contribution >= 4 is 11.6 Å². The minimum absolute atomic E-state index is 0.357. The standard InChI is InChI=1S/C22H28ClN3/c1-14-25-21(17(11-12-24)13-15-5-6-15)20-4-2-3-19(22(20)26-14)16-7-9-18(23)10-8-16/h7-10,15,17,19H,2-6,11-13,24H2,1H3. The first-order chi connectivity index (χ1) is 12.7. The van der Waals surface area contributed by atoms with Gasteiger partial charge in [-0.15, -0.1) is 0 Å². The highest BCUT2D eigenvalue weighted by molar-refractivity contribution is 6.30. The van der Waals surface area contributed by atoms with Gasteiger partial charge in [0.2, 0.25) is 0 Å². The third-order valence-electron chi connectivity index (χ3n) is 5.92. The topological polar surface area (TPSA) is 51.8 Å². The van der Waals surface area contributed by atoms with Crippen LogP contribution in [0, 0.1) is 12.8 Å². The number of benzene rings is 1. The normalized spacial score (nSPS) is 20.7. The van der Waals surface area contributed by atoms with E-state index in [-0.39, 0.29) is 0 Å². The van der Waals surface area contributed by atoms with Crippen LogP contribution >= 0.6 is 11.6 Å². The molecule has 138 valence electrons. The van der Waals surface area contributed by atoms with E-state index in [0.29, 0.717) is 11.8 Å². The lowest BCUT2D eigenvalue weighted by atomic mass is 9.79. The summed E-state index contributed by atoms with van der Waals surface area (Å²) in [5.41, 5.74) is 11.2. The van der Waals surface area contributed by atoms with Crippen molar-refractivity contribution < 1.29 is 0 Å². The molecular weight excluding hydrogens is 342 g/mol. The third-order valence-corrected chi connectivity index (χ3v) is 6.17. The fourth-order valence-corrected chi connectivity index (χ4v) is 4.61. The monoisotopic (exact) mass is 369 g/mol. The van der Waals surface area contributed by atoms with Gasteiger partial charge in [0.25, 0.3) is 0 Å². The summed E-state index contributed by atoms with van der Waals surface area (Å²) in [4.78, 5) is 9.86. The van der Waals surface area contributed by atoms with Crippen LogP contribution in [0.2, 0.25) is 5.02 Å². The van der Waals surface area contributed by atoms with E-state index in [1.165, 1.54) is 48.2 Å². The largest absolute Gasteiger partial charge is 0.330 e. The van der Waals surface area contributed by atoms with Gasteiger partial charge < -0.3 is 5.73 Å². The smallest absolute Gasteiger partial charge is 0.125 e. The number of aromatic nitrogens is 2. The molecule has 2 atom stereocenters. The molecule has 1 aromatic carbocycles. The van der Waals surface area contributed by atoms with Gasteiger partial charge in [-0.05, 0) is 74.8 Å². The molecule has 0 saturated heterocycles. The number of nitrogens with two attached hydrogens (primary N) is 1. The zero-order chi connectivity index (χ0) is 18.1. The Labute approximate surface area is 161 Å². The fourth-order valence-electron chi connectivity index (χ4n) is 4.48. The van der Waals surface area contributed by atoms with E-state index in [4.69, 9.17) is 27.3 Å². The molecule has 0 amide bonds. The fraction of sp³-hybridized carbons (Fsp3) is 0.545. The first-order valence-corrected chi connectivity index (χ1v) is 10.4. The summed E-state index contributed by atoms with van der Waals surface area (Å²) in [5, 5.41) is 0.789. The third kappa shape index (κ3) is 3.79. The maximum absolute atomic E-state index is 6.09. The average molecular weight is 370 g/mol. The Morgan fingerprint density at radius 2 is 1.92 bits per heavy atom. The van der Waals surface area contributed by atoms with Crippen molar-refractivity contribution in [3.05, 3.63) is 57.6 Å². The Kier molecular flexibility index (Phi) is 5.28. The lowest BCUT2D eigenvalue weighted by molar-refractivity contribution is 0.510. The number of hydrogen-bond donors (Lipinski definition) is 1. The van der Waals surface area contributed by atoms with E-state index in [9.17, 15) is 0 Å². The Bertz CT molecular complexity index is 768. The minimum Gasteiger partial charge on any atom is -0.330 e. The Morgan fingerprint density at radius 1 is 1.15 bits per heavy atom. The van der Waals surface area contributed by atoms with Crippen LogP contribution in [0.4, 0.5) is 0 Å². The molecule has 1 aromatic heterocycles. The van der Waals surface area contributed by atoms with Crippen LogP contribution in [-0.4, -0.2) is 16.5 Å². The second-order valence-electron chi connectivity index (χ2n) is 7.97. The van der Waals surface area contributed by atoms with E-state index in [2.05, 4.69) is 12.1 Å². The summed E-state index contributed by atoms with van der Waals surface area (Å²) in [6.07, 6.45) is 8.46. The van der Waals surface area contributed by atoms with Gasteiger partial charge in [-0.2, -0.15) is 0 Å². The Balaban J connectivity index is 1.74. The van der Waals surface area contributed by atoms with Crippen molar-refractivity contribution in [1.29, 1.82) is 0 Å². The van der Waals surface area contributed by atoms with Crippen LogP contribution < -0.4 is 5.73 Å². The SMILES string of the molecule is Cc1nc(C(CCN)CC2CC2)c2c(n1)C(c1ccc(Cl)cc1)CCC2. The molecule has 2 N–H and O–H groups in total. The molecule has 26 heavy (non-hydrogen) atoms. The quantitative estimate of drug-likeness (QED) is 0.767. The van der Waals surface area contributed by atoms with Crippen molar-refractivity contribution in [2.45, 2.75) is 63.7 Å². The molecule has 4 heteroatoms. The maximum atomic E-state index is 6.09. The highest BCUT2D eigenvalue weighted by Crippen LogP contribution is 2.43. The Hall–Kier alpha value is -1.45. The van der Waals surface area contributed by atoms with E-state index in [1.807, 2.05) is 19.1 Å². The van der Waals surface area contributed by atoms with Crippen LogP contribution in [0.15, 0.2) is 24.3 Å². The summed E-state index contributed by atoms with van der Waals surface area (Å²) < 4.78 is 0. The summed E-state index contributed by atoms with van der Waals surface area (Å²) >= 11 is 6.09.